The fraction of sp³-hybridized carbons (Fsp3) is 0.571. The van der Waals surface area contributed by atoms with Gasteiger partial charge >= 0.3 is 0 Å². The molecular formula is C21H29N3O4S. The lowest BCUT2D eigenvalue weighted by Gasteiger charge is -2.48. The van der Waals surface area contributed by atoms with E-state index in [0.717, 1.165) is 52.0 Å². The Morgan fingerprint density at radius 1 is 1.21 bits per heavy atom. The smallest absolute Gasteiger partial charge is 0.251 e. The molecule has 0 bridgehead atoms. The van der Waals surface area contributed by atoms with Crippen molar-refractivity contribution < 1.29 is 17.9 Å². The van der Waals surface area contributed by atoms with Crippen molar-refractivity contribution in [2.45, 2.75) is 42.5 Å². The van der Waals surface area contributed by atoms with Crippen molar-refractivity contribution >= 4 is 15.9 Å². The minimum Gasteiger partial charge on any atom is -0.379 e. The van der Waals surface area contributed by atoms with Crippen molar-refractivity contribution in [2.75, 3.05) is 39.4 Å². The Kier molecular flexibility index (Phi) is 7.30. The number of nitrogens with zero attached hydrogens (tertiary/aromatic N) is 1. The van der Waals surface area contributed by atoms with Crippen LogP contribution in [0.1, 0.15) is 42.5 Å². The van der Waals surface area contributed by atoms with Gasteiger partial charge in [0.25, 0.3) is 5.91 Å². The van der Waals surface area contributed by atoms with Crippen LogP contribution in [0.4, 0.5) is 0 Å². The molecule has 8 heteroatoms. The predicted octanol–water partition coefficient (Wildman–Crippen LogP) is 1.36. The molecule has 1 heterocycles. The second kappa shape index (κ2) is 9.72. The zero-order valence-electron chi connectivity index (χ0n) is 16.7. The summed E-state index contributed by atoms with van der Waals surface area (Å²) in [6.07, 6.45) is 10.8. The first-order chi connectivity index (χ1) is 14.0. The van der Waals surface area contributed by atoms with E-state index in [2.05, 4.69) is 20.9 Å². The van der Waals surface area contributed by atoms with Gasteiger partial charge in [0, 0.05) is 30.7 Å². The summed E-state index contributed by atoms with van der Waals surface area (Å²) in [5.74, 6) is 1.97. The third-order valence-corrected chi connectivity index (χ3v) is 7.21. The zero-order valence-corrected chi connectivity index (χ0v) is 17.5. The molecule has 2 N–H and O–H groups in total. The molecule has 1 saturated heterocycles. The van der Waals surface area contributed by atoms with Crippen molar-refractivity contribution in [3.8, 4) is 12.3 Å². The summed E-state index contributed by atoms with van der Waals surface area (Å²) in [7, 11) is -3.74. The minimum atomic E-state index is -3.74. The van der Waals surface area contributed by atoms with Crippen molar-refractivity contribution in [3.05, 3.63) is 29.8 Å². The van der Waals surface area contributed by atoms with Crippen LogP contribution in [-0.2, 0) is 14.8 Å². The molecule has 2 fully saturated rings. The van der Waals surface area contributed by atoms with E-state index < -0.39 is 10.0 Å². The highest BCUT2D eigenvalue weighted by molar-refractivity contribution is 7.89. The molecule has 1 aliphatic carbocycles. The summed E-state index contributed by atoms with van der Waals surface area (Å²) in [6.45, 7) is 3.66. The molecule has 1 aromatic carbocycles. The van der Waals surface area contributed by atoms with Crippen LogP contribution in [0.5, 0.6) is 0 Å². The summed E-state index contributed by atoms with van der Waals surface area (Å²) in [4.78, 5) is 15.3. The number of terminal acetylenes is 1. The van der Waals surface area contributed by atoms with E-state index in [1.54, 1.807) is 12.1 Å². The Bertz CT molecular complexity index is 851. The molecular weight excluding hydrogens is 390 g/mol. The maximum atomic E-state index is 12.8. The van der Waals surface area contributed by atoms with Crippen molar-refractivity contribution in [1.29, 1.82) is 0 Å². The maximum absolute atomic E-state index is 12.8. The van der Waals surface area contributed by atoms with Gasteiger partial charge in [0.15, 0.2) is 0 Å². The molecule has 1 saturated carbocycles. The molecule has 29 heavy (non-hydrogen) atoms. The molecule has 0 unspecified atom stereocenters. The number of carbonyl (C=O) groups is 1. The number of hydrogen-bond acceptors (Lipinski definition) is 5. The Morgan fingerprint density at radius 2 is 1.93 bits per heavy atom. The maximum Gasteiger partial charge on any atom is 0.251 e. The average molecular weight is 420 g/mol. The Labute approximate surface area is 173 Å². The first kappa shape index (κ1) is 21.8. The zero-order chi connectivity index (χ0) is 20.7. The third kappa shape index (κ3) is 5.37. The molecule has 1 amide bonds. The van der Waals surface area contributed by atoms with Crippen molar-refractivity contribution in [2.24, 2.45) is 0 Å². The van der Waals surface area contributed by atoms with Crippen LogP contribution >= 0.6 is 0 Å². The van der Waals surface area contributed by atoms with Gasteiger partial charge in [0.2, 0.25) is 10.0 Å². The highest BCUT2D eigenvalue weighted by Gasteiger charge is 2.38. The molecule has 0 aromatic heterocycles. The summed E-state index contributed by atoms with van der Waals surface area (Å²) in [5.41, 5.74) is 0.275. The molecule has 1 aliphatic heterocycles. The van der Waals surface area contributed by atoms with E-state index in [-0.39, 0.29) is 22.9 Å². The van der Waals surface area contributed by atoms with E-state index in [9.17, 15) is 13.2 Å². The average Bonchev–Trinajstić information content (AvgIpc) is 2.77. The van der Waals surface area contributed by atoms with Crippen LogP contribution in [-0.4, -0.2) is 64.2 Å². The first-order valence-corrected chi connectivity index (χ1v) is 11.6. The SMILES string of the molecule is C#CCNS(=O)(=O)c1cccc(C(=O)NCC2(N3CCOCC3)CCCCC2)c1. The summed E-state index contributed by atoms with van der Waals surface area (Å²) in [5, 5.41) is 3.06. The molecule has 7 nitrogen and oxygen atoms in total. The molecule has 158 valence electrons. The number of sulfonamides is 1. The van der Waals surface area contributed by atoms with Crippen molar-refractivity contribution in [3.63, 3.8) is 0 Å². The monoisotopic (exact) mass is 419 g/mol. The Morgan fingerprint density at radius 3 is 2.62 bits per heavy atom. The quantitative estimate of drug-likeness (QED) is 0.652. The third-order valence-electron chi connectivity index (χ3n) is 5.81. The van der Waals surface area contributed by atoms with E-state index >= 15 is 0 Å². The fourth-order valence-electron chi connectivity index (χ4n) is 4.22. The molecule has 1 aromatic rings. The second-order valence-electron chi connectivity index (χ2n) is 7.62. The summed E-state index contributed by atoms with van der Waals surface area (Å²) in [6, 6.07) is 6.03. The summed E-state index contributed by atoms with van der Waals surface area (Å²) >= 11 is 0. The minimum absolute atomic E-state index is 0.0287. The van der Waals surface area contributed by atoms with Gasteiger partial charge in [-0.1, -0.05) is 31.2 Å². The number of nitrogens with one attached hydrogen (secondary N) is 2. The largest absolute Gasteiger partial charge is 0.379 e. The van der Waals surface area contributed by atoms with Gasteiger partial charge in [0.1, 0.15) is 0 Å². The van der Waals surface area contributed by atoms with Crippen LogP contribution < -0.4 is 10.0 Å². The van der Waals surface area contributed by atoms with E-state index in [0.29, 0.717) is 12.1 Å². The number of rotatable bonds is 7. The lowest BCUT2D eigenvalue weighted by molar-refractivity contribution is -0.0361. The van der Waals surface area contributed by atoms with Crippen LogP contribution in [0.3, 0.4) is 0 Å². The number of ether oxygens (including phenoxy) is 1. The lowest BCUT2D eigenvalue weighted by Crippen LogP contribution is -2.59. The predicted molar refractivity (Wildman–Crippen MR) is 111 cm³/mol. The number of carbonyl (C=O) groups excluding carboxylic acids is 1. The number of benzene rings is 1. The number of hydrogen-bond donors (Lipinski definition) is 2. The van der Waals surface area contributed by atoms with Crippen LogP contribution in [0.2, 0.25) is 0 Å². The van der Waals surface area contributed by atoms with E-state index in [4.69, 9.17) is 11.2 Å². The van der Waals surface area contributed by atoms with Crippen LogP contribution in [0.25, 0.3) is 0 Å². The molecule has 2 aliphatic rings. The van der Waals surface area contributed by atoms with Gasteiger partial charge in [-0.2, -0.15) is 4.72 Å². The normalized spacial score (nSPS) is 20.0. The Hall–Kier alpha value is -1.92. The van der Waals surface area contributed by atoms with Crippen LogP contribution in [0, 0.1) is 12.3 Å². The molecule has 3 rings (SSSR count). The lowest BCUT2D eigenvalue weighted by atomic mass is 9.79. The van der Waals surface area contributed by atoms with Gasteiger partial charge < -0.3 is 10.1 Å². The number of morpholine rings is 1. The first-order valence-electron chi connectivity index (χ1n) is 10.1. The van der Waals surface area contributed by atoms with Gasteiger partial charge in [-0.05, 0) is 31.0 Å². The van der Waals surface area contributed by atoms with Gasteiger partial charge in [-0.3, -0.25) is 9.69 Å². The second-order valence-corrected chi connectivity index (χ2v) is 9.39. The van der Waals surface area contributed by atoms with E-state index in [1.807, 2.05) is 0 Å². The highest BCUT2D eigenvalue weighted by Crippen LogP contribution is 2.34. The fourth-order valence-corrected chi connectivity index (χ4v) is 5.20. The van der Waals surface area contributed by atoms with Crippen molar-refractivity contribution in [1.82, 2.24) is 14.9 Å². The summed E-state index contributed by atoms with van der Waals surface area (Å²) < 4.78 is 32.4. The van der Waals surface area contributed by atoms with Gasteiger partial charge in [0.05, 0.1) is 24.7 Å². The highest BCUT2D eigenvalue weighted by atomic mass is 32.2. The van der Waals surface area contributed by atoms with Gasteiger partial charge in [-0.25, -0.2) is 8.42 Å². The topological polar surface area (TPSA) is 87.7 Å². The van der Waals surface area contributed by atoms with Gasteiger partial charge in [-0.15, -0.1) is 6.42 Å². The Balaban J connectivity index is 1.70. The standard InChI is InChI=1S/C21H29N3O4S/c1-2-11-23-29(26,27)19-8-6-7-18(16-19)20(25)22-17-21(9-4-3-5-10-21)24-12-14-28-15-13-24/h1,6-8,16,23H,3-5,9-15,17H2,(H,22,25). The molecule has 0 radical (unpaired) electrons. The number of amides is 1. The van der Waals surface area contributed by atoms with E-state index in [1.165, 1.54) is 18.6 Å². The van der Waals surface area contributed by atoms with Crippen LogP contribution in [0.15, 0.2) is 29.2 Å². The molecule has 0 atom stereocenters. The molecule has 0 spiro atoms.